The van der Waals surface area contributed by atoms with Crippen molar-refractivity contribution >= 4 is 11.8 Å². The van der Waals surface area contributed by atoms with Crippen LogP contribution in [0.5, 0.6) is 0 Å². The molecular formula is C13H9N3O2. The molecule has 0 atom stereocenters. The van der Waals surface area contributed by atoms with E-state index < -0.39 is 0 Å². The quantitative estimate of drug-likeness (QED) is 0.689. The molecule has 1 N–H and O–H groups in total. The second-order valence-corrected chi connectivity index (χ2v) is 3.83. The summed E-state index contributed by atoms with van der Waals surface area (Å²) in [4.78, 5) is 25.5. The molecule has 0 unspecified atom stereocenters. The molecule has 2 heterocycles. The van der Waals surface area contributed by atoms with Gasteiger partial charge < -0.3 is 4.98 Å². The lowest BCUT2D eigenvalue weighted by Crippen LogP contribution is -2.09. The average molecular weight is 239 g/mol. The first kappa shape index (κ1) is 10.5. The molecule has 18 heavy (non-hydrogen) atoms. The Morgan fingerprint density at radius 2 is 2.00 bits per heavy atom. The highest BCUT2D eigenvalue weighted by molar-refractivity contribution is 5.94. The molecule has 3 aromatic rings. The predicted octanol–water partition coefficient (Wildman–Crippen LogP) is 1.50. The van der Waals surface area contributed by atoms with Crippen LogP contribution in [-0.2, 0) is 0 Å². The van der Waals surface area contributed by atoms with E-state index in [4.69, 9.17) is 0 Å². The smallest absolute Gasteiger partial charge is 0.274 e. The third kappa shape index (κ3) is 1.45. The van der Waals surface area contributed by atoms with Gasteiger partial charge in [0.25, 0.3) is 5.56 Å². The van der Waals surface area contributed by atoms with Crippen LogP contribution in [0.2, 0.25) is 0 Å². The summed E-state index contributed by atoms with van der Waals surface area (Å²) in [5, 5.41) is 4.28. The van der Waals surface area contributed by atoms with Crippen molar-refractivity contribution in [1.29, 1.82) is 0 Å². The fraction of sp³-hybridized carbons (Fsp3) is 0. The third-order valence-electron chi connectivity index (χ3n) is 2.76. The summed E-state index contributed by atoms with van der Waals surface area (Å²) in [6, 6.07) is 9.30. The maximum absolute atomic E-state index is 11.7. The second-order valence-electron chi connectivity index (χ2n) is 3.83. The summed E-state index contributed by atoms with van der Waals surface area (Å²) in [5.41, 5.74) is 1.58. The lowest BCUT2D eigenvalue weighted by molar-refractivity contribution is 0.112. The Hall–Kier alpha value is -2.69. The Bertz CT molecular complexity index is 772. The predicted molar refractivity (Wildman–Crippen MR) is 66.6 cm³/mol. The molecule has 0 radical (unpaired) electrons. The zero-order valence-electron chi connectivity index (χ0n) is 9.33. The van der Waals surface area contributed by atoms with Gasteiger partial charge in [0.15, 0.2) is 6.29 Å². The SMILES string of the molecule is O=Cc1c(-c2ccccc2)nn2cc[nH]c(=O)c12. The first-order chi connectivity index (χ1) is 8.81. The van der Waals surface area contributed by atoms with Crippen LogP contribution in [0.25, 0.3) is 16.8 Å². The summed E-state index contributed by atoms with van der Waals surface area (Å²) in [5.74, 6) is 0. The highest BCUT2D eigenvalue weighted by Gasteiger charge is 2.15. The molecule has 0 fully saturated rings. The largest absolute Gasteiger partial charge is 0.326 e. The van der Waals surface area contributed by atoms with E-state index in [9.17, 15) is 9.59 Å². The average Bonchev–Trinajstić information content (AvgIpc) is 2.79. The fourth-order valence-corrected chi connectivity index (χ4v) is 1.95. The van der Waals surface area contributed by atoms with E-state index in [1.165, 1.54) is 10.7 Å². The number of nitrogens with one attached hydrogen (secondary N) is 1. The molecule has 3 rings (SSSR count). The number of rotatable bonds is 2. The summed E-state index contributed by atoms with van der Waals surface area (Å²) in [6.07, 6.45) is 3.77. The van der Waals surface area contributed by atoms with Gasteiger partial charge in [0.2, 0.25) is 0 Å². The van der Waals surface area contributed by atoms with Gasteiger partial charge in [-0.25, -0.2) is 4.52 Å². The van der Waals surface area contributed by atoms with Crippen LogP contribution in [0.3, 0.4) is 0 Å². The van der Waals surface area contributed by atoms with Crippen LogP contribution in [0.4, 0.5) is 0 Å². The molecule has 1 aromatic carbocycles. The van der Waals surface area contributed by atoms with Crippen LogP contribution in [-0.4, -0.2) is 20.9 Å². The van der Waals surface area contributed by atoms with Crippen molar-refractivity contribution in [1.82, 2.24) is 14.6 Å². The molecule has 0 bridgehead atoms. The summed E-state index contributed by atoms with van der Waals surface area (Å²) < 4.78 is 1.42. The summed E-state index contributed by atoms with van der Waals surface area (Å²) in [6.45, 7) is 0. The second kappa shape index (κ2) is 3.96. The number of carbonyl (C=O) groups excluding carboxylic acids is 1. The molecule has 0 saturated carbocycles. The molecule has 5 heteroatoms. The Morgan fingerprint density at radius 1 is 1.22 bits per heavy atom. The number of aromatic amines is 1. The van der Waals surface area contributed by atoms with E-state index in [0.29, 0.717) is 17.5 Å². The highest BCUT2D eigenvalue weighted by atomic mass is 16.1. The molecular weight excluding hydrogens is 230 g/mol. The maximum Gasteiger partial charge on any atom is 0.274 e. The molecule has 0 aliphatic heterocycles. The van der Waals surface area contributed by atoms with Crippen molar-refractivity contribution in [3.63, 3.8) is 0 Å². The van der Waals surface area contributed by atoms with Gasteiger partial charge in [-0.2, -0.15) is 5.10 Å². The number of H-pyrrole nitrogens is 1. The van der Waals surface area contributed by atoms with Gasteiger partial charge in [0.1, 0.15) is 11.2 Å². The van der Waals surface area contributed by atoms with Gasteiger partial charge in [-0.3, -0.25) is 9.59 Å². The number of aldehydes is 1. The van der Waals surface area contributed by atoms with E-state index in [1.807, 2.05) is 30.3 Å². The van der Waals surface area contributed by atoms with Gasteiger partial charge in [0.05, 0.1) is 5.56 Å². The van der Waals surface area contributed by atoms with E-state index >= 15 is 0 Å². The van der Waals surface area contributed by atoms with Crippen molar-refractivity contribution in [2.24, 2.45) is 0 Å². The van der Waals surface area contributed by atoms with Gasteiger partial charge in [-0.15, -0.1) is 0 Å². The van der Waals surface area contributed by atoms with Crippen LogP contribution < -0.4 is 5.56 Å². The first-order valence-corrected chi connectivity index (χ1v) is 5.42. The number of hydrogen-bond donors (Lipinski definition) is 1. The Kier molecular flexibility index (Phi) is 2.30. The maximum atomic E-state index is 11.7. The fourth-order valence-electron chi connectivity index (χ4n) is 1.95. The van der Waals surface area contributed by atoms with Gasteiger partial charge in [0, 0.05) is 18.0 Å². The van der Waals surface area contributed by atoms with Crippen molar-refractivity contribution in [3.05, 3.63) is 58.6 Å². The zero-order chi connectivity index (χ0) is 12.5. The molecule has 5 nitrogen and oxygen atoms in total. The van der Waals surface area contributed by atoms with Gasteiger partial charge in [-0.1, -0.05) is 30.3 Å². The molecule has 2 aromatic heterocycles. The third-order valence-corrected chi connectivity index (χ3v) is 2.76. The van der Waals surface area contributed by atoms with Crippen molar-refractivity contribution in [3.8, 4) is 11.3 Å². The number of aromatic nitrogens is 3. The van der Waals surface area contributed by atoms with E-state index in [-0.39, 0.29) is 11.1 Å². The van der Waals surface area contributed by atoms with Crippen LogP contribution in [0.15, 0.2) is 47.5 Å². The van der Waals surface area contributed by atoms with Gasteiger partial charge >= 0.3 is 0 Å². The number of carbonyl (C=O) groups is 1. The summed E-state index contributed by atoms with van der Waals surface area (Å²) >= 11 is 0. The summed E-state index contributed by atoms with van der Waals surface area (Å²) in [7, 11) is 0. The Labute approximate surface area is 102 Å². The van der Waals surface area contributed by atoms with Crippen molar-refractivity contribution in [2.75, 3.05) is 0 Å². The van der Waals surface area contributed by atoms with E-state index in [2.05, 4.69) is 10.1 Å². The van der Waals surface area contributed by atoms with E-state index in [0.717, 1.165) is 5.56 Å². The molecule has 0 aliphatic rings. The van der Waals surface area contributed by atoms with Crippen molar-refractivity contribution < 1.29 is 4.79 Å². The monoisotopic (exact) mass is 239 g/mol. The number of benzene rings is 1. The number of fused-ring (bicyclic) bond motifs is 1. The van der Waals surface area contributed by atoms with Crippen LogP contribution in [0, 0.1) is 0 Å². The minimum Gasteiger partial charge on any atom is -0.326 e. The normalized spacial score (nSPS) is 10.7. The molecule has 0 saturated heterocycles. The molecule has 0 spiro atoms. The van der Waals surface area contributed by atoms with Gasteiger partial charge in [-0.05, 0) is 0 Å². The molecule has 88 valence electrons. The minimum absolute atomic E-state index is 0.270. The highest BCUT2D eigenvalue weighted by Crippen LogP contribution is 2.22. The zero-order valence-corrected chi connectivity index (χ0v) is 9.33. The first-order valence-electron chi connectivity index (χ1n) is 5.42. The van der Waals surface area contributed by atoms with Crippen LogP contribution >= 0.6 is 0 Å². The van der Waals surface area contributed by atoms with Crippen molar-refractivity contribution in [2.45, 2.75) is 0 Å². The minimum atomic E-state index is -0.325. The Balaban J connectivity index is 2.41. The standard InChI is InChI=1S/C13H9N3O2/c17-8-10-11(9-4-2-1-3-5-9)15-16-7-6-14-13(18)12(10)16/h1-8H,(H,14,18). The Morgan fingerprint density at radius 3 is 2.72 bits per heavy atom. The van der Waals surface area contributed by atoms with Crippen LogP contribution in [0.1, 0.15) is 10.4 Å². The molecule has 0 amide bonds. The number of hydrogen-bond acceptors (Lipinski definition) is 3. The lowest BCUT2D eigenvalue weighted by Gasteiger charge is -1.95. The lowest BCUT2D eigenvalue weighted by atomic mass is 10.1. The molecule has 0 aliphatic carbocycles. The topological polar surface area (TPSA) is 67.2 Å². The number of nitrogens with zero attached hydrogens (tertiary/aromatic N) is 2. The van der Waals surface area contributed by atoms with E-state index in [1.54, 1.807) is 6.20 Å².